The number of aromatic nitrogens is 2. The summed E-state index contributed by atoms with van der Waals surface area (Å²) in [6.07, 6.45) is 4.43. The molecule has 0 aromatic carbocycles. The molecule has 1 unspecified atom stereocenters. The van der Waals surface area contributed by atoms with Gasteiger partial charge in [0.05, 0.1) is 24.3 Å². The molecule has 2 rings (SSSR count). The Hall–Kier alpha value is -1.20. The monoisotopic (exact) mass is 284 g/mol. The summed E-state index contributed by atoms with van der Waals surface area (Å²) >= 11 is 5.84. The van der Waals surface area contributed by atoms with Gasteiger partial charge in [0.2, 0.25) is 0 Å². The van der Waals surface area contributed by atoms with Crippen molar-refractivity contribution in [3.8, 4) is 0 Å². The Balaban J connectivity index is 2.12. The van der Waals surface area contributed by atoms with E-state index in [0.717, 1.165) is 19.4 Å². The zero-order valence-corrected chi connectivity index (χ0v) is 11.7. The average Bonchev–Trinajstić information content (AvgIpc) is 2.91. The number of hydrogen-bond donors (Lipinski definition) is 0. The molecule has 1 fully saturated rings. The van der Waals surface area contributed by atoms with Gasteiger partial charge in [0.15, 0.2) is 0 Å². The largest absolute Gasteiger partial charge is 0.462 e. The van der Waals surface area contributed by atoms with Crippen LogP contribution in [0.5, 0.6) is 0 Å². The fourth-order valence-electron chi connectivity index (χ4n) is 2.05. The first-order valence-corrected chi connectivity index (χ1v) is 6.97. The molecule has 0 aliphatic carbocycles. The van der Waals surface area contributed by atoms with Crippen LogP contribution in [0.2, 0.25) is 0 Å². The summed E-state index contributed by atoms with van der Waals surface area (Å²) in [5, 5.41) is 0. The lowest BCUT2D eigenvalue weighted by Gasteiger charge is -2.10. The molecule has 2 heterocycles. The highest BCUT2D eigenvalue weighted by molar-refractivity contribution is 6.17. The van der Waals surface area contributed by atoms with Gasteiger partial charge in [0.25, 0.3) is 0 Å². The molecule has 1 aliphatic rings. The second kappa shape index (κ2) is 6.82. The van der Waals surface area contributed by atoms with E-state index >= 15 is 0 Å². The Bertz CT molecular complexity index is 448. The van der Waals surface area contributed by atoms with Crippen LogP contribution in [0.1, 0.15) is 41.6 Å². The molecule has 0 N–H and O–H groups in total. The standard InChI is InChI=1S/C13H17ClN2O3/c1-2-18-13(17)10-8-15-12(16-11(10)7-14)6-9-4-3-5-19-9/h8-9H,2-7H2,1H3. The zero-order chi connectivity index (χ0) is 13.7. The molecule has 1 aliphatic heterocycles. The van der Waals surface area contributed by atoms with E-state index < -0.39 is 5.97 Å². The van der Waals surface area contributed by atoms with Gasteiger partial charge in [0.1, 0.15) is 11.4 Å². The quantitative estimate of drug-likeness (QED) is 0.612. The Morgan fingerprint density at radius 1 is 1.63 bits per heavy atom. The third kappa shape index (κ3) is 3.64. The predicted molar refractivity (Wildman–Crippen MR) is 70.2 cm³/mol. The average molecular weight is 285 g/mol. The number of carbonyl (C=O) groups excluding carboxylic acids is 1. The zero-order valence-electron chi connectivity index (χ0n) is 10.9. The molecule has 0 amide bonds. The number of esters is 1. The van der Waals surface area contributed by atoms with Gasteiger partial charge in [-0.25, -0.2) is 14.8 Å². The number of ether oxygens (including phenoxy) is 2. The molecule has 1 aromatic rings. The van der Waals surface area contributed by atoms with Gasteiger partial charge in [-0.05, 0) is 19.8 Å². The van der Waals surface area contributed by atoms with Gasteiger partial charge in [-0.15, -0.1) is 11.6 Å². The summed E-state index contributed by atoms with van der Waals surface area (Å²) in [7, 11) is 0. The maximum absolute atomic E-state index is 11.7. The van der Waals surface area contributed by atoms with Crippen LogP contribution < -0.4 is 0 Å². The summed E-state index contributed by atoms with van der Waals surface area (Å²) in [5.74, 6) is 0.396. The molecular formula is C13H17ClN2O3. The number of carbonyl (C=O) groups is 1. The summed E-state index contributed by atoms with van der Waals surface area (Å²) in [6, 6.07) is 0. The van der Waals surface area contributed by atoms with Gasteiger partial charge >= 0.3 is 5.97 Å². The van der Waals surface area contributed by atoms with E-state index in [-0.39, 0.29) is 12.0 Å². The third-order valence-electron chi connectivity index (χ3n) is 2.97. The maximum atomic E-state index is 11.7. The molecule has 0 bridgehead atoms. The molecule has 104 valence electrons. The van der Waals surface area contributed by atoms with E-state index in [1.165, 1.54) is 6.20 Å². The summed E-state index contributed by atoms with van der Waals surface area (Å²) in [6.45, 7) is 2.87. The van der Waals surface area contributed by atoms with Crippen LogP contribution in [0.25, 0.3) is 0 Å². The molecule has 19 heavy (non-hydrogen) atoms. The topological polar surface area (TPSA) is 61.3 Å². The van der Waals surface area contributed by atoms with Crippen molar-refractivity contribution >= 4 is 17.6 Å². The van der Waals surface area contributed by atoms with Crippen molar-refractivity contribution < 1.29 is 14.3 Å². The highest BCUT2D eigenvalue weighted by Crippen LogP contribution is 2.17. The molecule has 6 heteroatoms. The van der Waals surface area contributed by atoms with E-state index in [2.05, 4.69) is 9.97 Å². The van der Waals surface area contributed by atoms with E-state index in [1.54, 1.807) is 6.92 Å². The van der Waals surface area contributed by atoms with E-state index in [4.69, 9.17) is 21.1 Å². The van der Waals surface area contributed by atoms with Crippen LogP contribution in [-0.4, -0.2) is 35.3 Å². The molecule has 0 saturated carbocycles. The highest BCUT2D eigenvalue weighted by Gasteiger charge is 2.20. The van der Waals surface area contributed by atoms with Crippen LogP contribution in [0, 0.1) is 0 Å². The highest BCUT2D eigenvalue weighted by atomic mass is 35.5. The van der Waals surface area contributed by atoms with Crippen LogP contribution in [0.4, 0.5) is 0 Å². The Morgan fingerprint density at radius 3 is 3.11 bits per heavy atom. The minimum absolute atomic E-state index is 0.162. The Kier molecular flexibility index (Phi) is 5.10. The third-order valence-corrected chi connectivity index (χ3v) is 3.23. The minimum Gasteiger partial charge on any atom is -0.462 e. The SMILES string of the molecule is CCOC(=O)c1cnc(CC2CCCO2)nc1CCl. The fourth-order valence-corrected chi connectivity index (χ4v) is 2.25. The molecule has 0 spiro atoms. The van der Waals surface area contributed by atoms with Crippen LogP contribution >= 0.6 is 11.6 Å². The van der Waals surface area contributed by atoms with Gasteiger partial charge in [-0.2, -0.15) is 0 Å². The fraction of sp³-hybridized carbons (Fsp3) is 0.615. The number of hydrogen-bond acceptors (Lipinski definition) is 5. The van der Waals surface area contributed by atoms with Gasteiger partial charge in [-0.1, -0.05) is 0 Å². The smallest absolute Gasteiger partial charge is 0.341 e. The van der Waals surface area contributed by atoms with E-state index in [0.29, 0.717) is 30.1 Å². The summed E-state index contributed by atoms with van der Waals surface area (Å²) in [4.78, 5) is 20.2. The molecule has 0 radical (unpaired) electrons. The second-order valence-corrected chi connectivity index (χ2v) is 4.61. The van der Waals surface area contributed by atoms with Crippen molar-refractivity contribution in [2.24, 2.45) is 0 Å². The van der Waals surface area contributed by atoms with Crippen molar-refractivity contribution in [2.75, 3.05) is 13.2 Å². The first kappa shape index (κ1) is 14.2. The van der Waals surface area contributed by atoms with Crippen molar-refractivity contribution in [1.82, 2.24) is 9.97 Å². The first-order valence-electron chi connectivity index (χ1n) is 6.44. The van der Waals surface area contributed by atoms with Crippen LogP contribution in [0.3, 0.4) is 0 Å². The van der Waals surface area contributed by atoms with Crippen LogP contribution in [-0.2, 0) is 21.8 Å². The van der Waals surface area contributed by atoms with Gasteiger partial charge < -0.3 is 9.47 Å². The first-order chi connectivity index (χ1) is 9.24. The van der Waals surface area contributed by atoms with Gasteiger partial charge in [0, 0.05) is 19.2 Å². The van der Waals surface area contributed by atoms with Crippen molar-refractivity contribution in [3.63, 3.8) is 0 Å². The minimum atomic E-state index is -0.429. The van der Waals surface area contributed by atoms with E-state index in [9.17, 15) is 4.79 Å². The molecule has 1 atom stereocenters. The molecule has 5 nitrogen and oxygen atoms in total. The lowest BCUT2D eigenvalue weighted by Crippen LogP contribution is -2.15. The van der Waals surface area contributed by atoms with Crippen molar-refractivity contribution in [2.45, 2.75) is 38.2 Å². The second-order valence-electron chi connectivity index (χ2n) is 4.34. The number of rotatable bonds is 5. The Labute approximate surface area is 117 Å². The maximum Gasteiger partial charge on any atom is 0.341 e. The normalized spacial score (nSPS) is 18.5. The lowest BCUT2D eigenvalue weighted by molar-refractivity contribution is 0.0524. The number of halogens is 1. The Morgan fingerprint density at radius 2 is 2.47 bits per heavy atom. The lowest BCUT2D eigenvalue weighted by atomic mass is 10.1. The molecular weight excluding hydrogens is 268 g/mol. The molecule has 1 aromatic heterocycles. The summed E-state index contributed by atoms with van der Waals surface area (Å²) < 4.78 is 10.5. The summed E-state index contributed by atoms with van der Waals surface area (Å²) in [5.41, 5.74) is 0.857. The van der Waals surface area contributed by atoms with E-state index in [1.807, 2.05) is 0 Å². The van der Waals surface area contributed by atoms with Crippen molar-refractivity contribution in [1.29, 1.82) is 0 Å². The number of nitrogens with zero attached hydrogens (tertiary/aromatic N) is 2. The molecule has 1 saturated heterocycles. The van der Waals surface area contributed by atoms with Crippen LogP contribution in [0.15, 0.2) is 6.20 Å². The van der Waals surface area contributed by atoms with Gasteiger partial charge in [-0.3, -0.25) is 0 Å². The number of alkyl halides is 1. The van der Waals surface area contributed by atoms with Crippen molar-refractivity contribution in [3.05, 3.63) is 23.3 Å². The predicted octanol–water partition coefficient (Wildman–Crippen LogP) is 2.11.